The molecular formula is C52H95O18P. The largest absolute Gasteiger partial charge is 0.472 e. The average Bonchev–Trinajstić information content (AvgIpc) is 3.35. The minimum absolute atomic E-state index is 0.0945. The number of esters is 2. The summed E-state index contributed by atoms with van der Waals surface area (Å²) in [5.74, 6) is -1.46. The Labute approximate surface area is 424 Å². The molecule has 13 unspecified atom stereocenters. The first-order valence-corrected chi connectivity index (χ1v) is 28.7. The maximum atomic E-state index is 13.4. The highest BCUT2D eigenvalue weighted by atomic mass is 31.2. The van der Waals surface area contributed by atoms with E-state index in [1.54, 1.807) is 6.08 Å². The zero-order chi connectivity index (χ0) is 52.3. The molecule has 0 amide bonds. The molecule has 0 spiro atoms. The third kappa shape index (κ3) is 28.0. The highest BCUT2D eigenvalue weighted by molar-refractivity contribution is 7.47. The minimum Gasteiger partial charge on any atom is -0.462 e. The number of unbranched alkanes of at least 4 members (excludes halogenated alkanes) is 26. The van der Waals surface area contributed by atoms with Gasteiger partial charge >= 0.3 is 19.8 Å². The Morgan fingerprint density at radius 2 is 1.01 bits per heavy atom. The fraction of sp³-hybridized carbons (Fsp3) is 0.885. The Morgan fingerprint density at radius 1 is 0.563 bits per heavy atom. The fourth-order valence-corrected chi connectivity index (χ4v) is 9.76. The molecule has 0 bridgehead atoms. The van der Waals surface area contributed by atoms with Crippen molar-refractivity contribution in [1.82, 2.24) is 0 Å². The van der Waals surface area contributed by atoms with Crippen LogP contribution in [0.5, 0.6) is 0 Å². The number of carbonyl (C=O) groups excluding carboxylic acids is 2. The van der Waals surface area contributed by atoms with Crippen LogP contribution in [-0.2, 0) is 42.1 Å². The lowest BCUT2D eigenvalue weighted by molar-refractivity contribution is -0.338. The van der Waals surface area contributed by atoms with E-state index in [9.17, 15) is 59.9 Å². The van der Waals surface area contributed by atoms with Gasteiger partial charge in [-0.2, -0.15) is 0 Å². The molecule has 13 atom stereocenters. The molecule has 1 aliphatic heterocycles. The third-order valence-corrected chi connectivity index (χ3v) is 14.3. The van der Waals surface area contributed by atoms with Crippen LogP contribution in [0.2, 0.25) is 0 Å². The molecule has 0 aromatic carbocycles. The molecule has 1 aliphatic carbocycles. The molecule has 1 heterocycles. The van der Waals surface area contributed by atoms with E-state index in [4.69, 9.17) is 28.0 Å². The molecule has 71 heavy (non-hydrogen) atoms. The van der Waals surface area contributed by atoms with Crippen molar-refractivity contribution in [2.75, 3.05) is 19.8 Å². The SMILES string of the molecule is CCCCCCCCCCCCCC=CC=CC(=O)OC(COC(=O)CCCCCCCCCCCCCCCCCC)COP(=O)(O)OC1C(O)C(O)C(O)C(O)C1OC1OC(CO)C(O)C(O)C1O. The van der Waals surface area contributed by atoms with E-state index in [2.05, 4.69) is 13.8 Å². The van der Waals surface area contributed by atoms with Gasteiger partial charge in [0.15, 0.2) is 12.4 Å². The van der Waals surface area contributed by atoms with Crippen molar-refractivity contribution in [3.63, 3.8) is 0 Å². The van der Waals surface area contributed by atoms with Gasteiger partial charge in [-0.1, -0.05) is 193 Å². The van der Waals surface area contributed by atoms with Crippen LogP contribution in [0.4, 0.5) is 0 Å². The quantitative estimate of drug-likeness (QED) is 0.00973. The maximum Gasteiger partial charge on any atom is 0.472 e. The van der Waals surface area contributed by atoms with Crippen molar-refractivity contribution >= 4 is 19.8 Å². The Bertz CT molecular complexity index is 1470. The summed E-state index contributed by atoms with van der Waals surface area (Å²) in [5, 5.41) is 83.0. The summed E-state index contributed by atoms with van der Waals surface area (Å²) in [4.78, 5) is 36.5. The highest BCUT2D eigenvalue weighted by Gasteiger charge is 2.55. The summed E-state index contributed by atoms with van der Waals surface area (Å²) < 4.78 is 45.3. The van der Waals surface area contributed by atoms with Crippen LogP contribution in [0, 0.1) is 0 Å². The van der Waals surface area contributed by atoms with Crippen molar-refractivity contribution in [1.29, 1.82) is 0 Å². The molecule has 18 nitrogen and oxygen atoms in total. The number of allylic oxidation sites excluding steroid dienone is 3. The summed E-state index contributed by atoms with van der Waals surface area (Å²) >= 11 is 0. The monoisotopic (exact) mass is 1040 g/mol. The fourth-order valence-electron chi connectivity index (χ4n) is 8.79. The second kappa shape index (κ2) is 39.5. The molecule has 2 fully saturated rings. The second-order valence-corrected chi connectivity index (χ2v) is 20.9. The minimum atomic E-state index is -5.40. The van der Waals surface area contributed by atoms with Gasteiger partial charge < -0.3 is 64.7 Å². The van der Waals surface area contributed by atoms with Crippen molar-refractivity contribution in [3.05, 3.63) is 24.3 Å². The van der Waals surface area contributed by atoms with Gasteiger partial charge in [0.25, 0.3) is 0 Å². The number of carbonyl (C=O) groups is 2. The standard InChI is InChI=1S/C52H95O18P/c1-3-5-7-9-11-13-15-17-19-21-22-24-26-28-30-32-34-41(54)65-37-39(67-42(55)35-33-31-29-27-25-23-20-18-16-14-12-10-8-6-4-2)38-66-71(63,64)70-51-48(61)46(59)45(58)47(60)50(51)69-52-49(62)44(57)43(56)40(36-53)68-52/h29,31,33,35,39-40,43-53,56-62H,3-28,30,32,34,36-38H2,1-2H3,(H,63,64). The first-order chi connectivity index (χ1) is 34.2. The lowest BCUT2D eigenvalue weighted by Crippen LogP contribution is -2.67. The van der Waals surface area contributed by atoms with Crippen LogP contribution in [0.3, 0.4) is 0 Å². The normalized spacial score (nSPS) is 27.3. The Balaban J connectivity index is 1.94. The number of rotatable bonds is 42. The molecule has 0 radical (unpaired) electrons. The smallest absolute Gasteiger partial charge is 0.462 e. The summed E-state index contributed by atoms with van der Waals surface area (Å²) in [6, 6.07) is 0. The molecule has 2 aliphatic rings. The number of phosphoric ester groups is 1. The van der Waals surface area contributed by atoms with Gasteiger partial charge in [-0.3, -0.25) is 13.8 Å². The molecule has 416 valence electrons. The summed E-state index contributed by atoms with van der Waals surface area (Å²) in [6.45, 7) is 2.15. The predicted molar refractivity (Wildman–Crippen MR) is 268 cm³/mol. The van der Waals surface area contributed by atoms with Gasteiger partial charge in [0.1, 0.15) is 67.6 Å². The highest BCUT2D eigenvalue weighted by Crippen LogP contribution is 2.48. The van der Waals surface area contributed by atoms with Crippen molar-refractivity contribution in [2.45, 2.75) is 273 Å². The Morgan fingerprint density at radius 3 is 1.51 bits per heavy atom. The first kappa shape index (κ1) is 65.2. The van der Waals surface area contributed by atoms with Gasteiger partial charge in [-0.15, -0.1) is 0 Å². The van der Waals surface area contributed by atoms with E-state index in [1.165, 1.54) is 134 Å². The number of ether oxygens (including phenoxy) is 4. The van der Waals surface area contributed by atoms with Gasteiger partial charge in [0.2, 0.25) is 0 Å². The Hall–Kier alpha value is -1.87. The predicted octanol–water partition coefficient (Wildman–Crippen LogP) is 7.05. The van der Waals surface area contributed by atoms with Gasteiger partial charge in [-0.05, 0) is 19.3 Å². The van der Waals surface area contributed by atoms with Crippen LogP contribution >= 0.6 is 7.82 Å². The van der Waals surface area contributed by atoms with Gasteiger partial charge in [0, 0.05) is 12.5 Å². The summed E-state index contributed by atoms with van der Waals surface area (Å²) in [7, 11) is -5.40. The Kier molecular flexibility index (Phi) is 36.3. The van der Waals surface area contributed by atoms with Crippen LogP contribution < -0.4 is 0 Å². The van der Waals surface area contributed by atoms with E-state index in [0.717, 1.165) is 51.0 Å². The van der Waals surface area contributed by atoms with Crippen molar-refractivity contribution in [3.8, 4) is 0 Å². The van der Waals surface area contributed by atoms with E-state index in [0.29, 0.717) is 6.42 Å². The molecule has 2 rings (SSSR count). The number of aliphatic hydroxyl groups is 8. The van der Waals surface area contributed by atoms with Crippen LogP contribution in [-0.4, -0.2) is 151 Å². The number of phosphoric acid groups is 1. The van der Waals surface area contributed by atoms with Crippen molar-refractivity contribution < 1.29 is 87.9 Å². The van der Waals surface area contributed by atoms with E-state index >= 15 is 0 Å². The molecular weight excluding hydrogens is 944 g/mol. The zero-order valence-corrected chi connectivity index (χ0v) is 43.9. The molecule has 9 N–H and O–H groups in total. The number of aliphatic hydroxyl groups excluding tert-OH is 8. The molecule has 0 aromatic rings. The third-order valence-electron chi connectivity index (χ3n) is 13.3. The van der Waals surface area contributed by atoms with Crippen LogP contribution in [0.1, 0.15) is 200 Å². The summed E-state index contributed by atoms with van der Waals surface area (Å²) in [5.41, 5.74) is 0. The molecule has 1 saturated heterocycles. The van der Waals surface area contributed by atoms with Crippen LogP contribution in [0.15, 0.2) is 24.3 Å². The number of hydrogen-bond acceptors (Lipinski definition) is 17. The molecule has 19 heteroatoms. The zero-order valence-electron chi connectivity index (χ0n) is 43.0. The topological polar surface area (TPSA) is 289 Å². The first-order valence-electron chi connectivity index (χ1n) is 27.2. The van der Waals surface area contributed by atoms with Crippen molar-refractivity contribution in [2.24, 2.45) is 0 Å². The average molecular weight is 1040 g/mol. The lowest BCUT2D eigenvalue weighted by Gasteiger charge is -2.47. The van der Waals surface area contributed by atoms with Crippen LogP contribution in [0.25, 0.3) is 0 Å². The lowest BCUT2D eigenvalue weighted by atomic mass is 9.84. The van der Waals surface area contributed by atoms with E-state index < -0.39 is 113 Å². The van der Waals surface area contributed by atoms with Gasteiger partial charge in [-0.25, -0.2) is 9.36 Å². The maximum absolute atomic E-state index is 13.4. The summed E-state index contributed by atoms with van der Waals surface area (Å²) in [6.07, 6.45) is 16.0. The molecule has 1 saturated carbocycles. The van der Waals surface area contributed by atoms with Gasteiger partial charge in [0.05, 0.1) is 13.2 Å². The molecule has 0 aromatic heterocycles. The van der Waals surface area contributed by atoms with E-state index in [1.807, 2.05) is 6.08 Å². The van der Waals surface area contributed by atoms with E-state index in [-0.39, 0.29) is 6.42 Å². The number of hydrogen-bond donors (Lipinski definition) is 9. The second-order valence-electron chi connectivity index (χ2n) is 19.5.